The average molecular weight is 487 g/mol. The van der Waals surface area contributed by atoms with Crippen LogP contribution in [0.15, 0.2) is 23.4 Å². The molecule has 0 radical (unpaired) electrons. The molecule has 0 saturated carbocycles. The summed E-state index contributed by atoms with van der Waals surface area (Å²) in [7, 11) is 1.65. The summed E-state index contributed by atoms with van der Waals surface area (Å²) in [6.07, 6.45) is 3.86. The molecule has 1 atom stereocenters. The molecule has 3 aromatic rings. The van der Waals surface area contributed by atoms with Gasteiger partial charge in [-0.2, -0.15) is 4.83 Å². The van der Waals surface area contributed by atoms with E-state index in [1.165, 1.54) is 22.4 Å². The number of nitrogens with one attached hydrogen (secondary N) is 3. The molecule has 3 heterocycles. The van der Waals surface area contributed by atoms with E-state index in [0.717, 1.165) is 50.9 Å². The van der Waals surface area contributed by atoms with E-state index in [-0.39, 0.29) is 18.4 Å². The molecule has 4 N–H and O–H groups in total. The average Bonchev–Trinajstić information content (AvgIpc) is 3.45. The van der Waals surface area contributed by atoms with Crippen molar-refractivity contribution in [3.63, 3.8) is 0 Å². The largest absolute Gasteiger partial charge is 0.494 e. The van der Waals surface area contributed by atoms with Crippen LogP contribution >= 0.6 is 23.3 Å². The molecule has 2 aromatic heterocycles. The van der Waals surface area contributed by atoms with Gasteiger partial charge in [-0.05, 0) is 49.8 Å². The van der Waals surface area contributed by atoms with Crippen LogP contribution in [-0.4, -0.2) is 52.7 Å². The smallest absolute Gasteiger partial charge is 0.226 e. The highest BCUT2D eigenvalue weighted by Crippen LogP contribution is 2.43. The fourth-order valence-corrected chi connectivity index (χ4v) is 6.43. The van der Waals surface area contributed by atoms with Crippen molar-refractivity contribution in [1.82, 2.24) is 19.7 Å². The van der Waals surface area contributed by atoms with E-state index >= 15 is 0 Å². The molecule has 1 aliphatic carbocycles. The molecule has 33 heavy (non-hydrogen) atoms. The Morgan fingerprint density at radius 3 is 3.06 bits per heavy atom. The number of anilines is 3. The molecule has 0 saturated heterocycles. The highest BCUT2D eigenvalue weighted by Gasteiger charge is 2.31. The maximum Gasteiger partial charge on any atom is 0.226 e. The molecule has 174 valence electrons. The van der Waals surface area contributed by atoms with Gasteiger partial charge in [0.25, 0.3) is 0 Å². The number of aryl methyl sites for hydroxylation is 1. The van der Waals surface area contributed by atoms with Gasteiger partial charge in [-0.25, -0.2) is 9.97 Å². The predicted molar refractivity (Wildman–Crippen MR) is 131 cm³/mol. The summed E-state index contributed by atoms with van der Waals surface area (Å²) >= 11 is 3.15. The van der Waals surface area contributed by atoms with E-state index in [1.807, 2.05) is 19.1 Å². The van der Waals surface area contributed by atoms with Gasteiger partial charge in [-0.3, -0.25) is 4.79 Å². The second-order valence-electron chi connectivity index (χ2n) is 7.99. The zero-order chi connectivity index (χ0) is 22.9. The van der Waals surface area contributed by atoms with Crippen LogP contribution in [0.4, 0.5) is 17.2 Å². The van der Waals surface area contributed by atoms with Crippen molar-refractivity contribution in [1.29, 1.82) is 0 Å². The van der Waals surface area contributed by atoms with Gasteiger partial charge in [-0.1, -0.05) is 0 Å². The van der Waals surface area contributed by atoms with Crippen molar-refractivity contribution < 1.29 is 14.6 Å². The molecule has 1 aromatic carbocycles. The number of thiophene rings is 1. The Kier molecular flexibility index (Phi) is 6.28. The van der Waals surface area contributed by atoms with E-state index in [4.69, 9.17) is 4.74 Å². The van der Waals surface area contributed by atoms with Crippen molar-refractivity contribution >= 4 is 56.6 Å². The number of nitrogens with zero attached hydrogens (tertiary/aromatic N) is 3. The monoisotopic (exact) mass is 486 g/mol. The molecule has 0 spiro atoms. The number of carbonyl (C=O) groups excluding carboxylic acids is 1. The molecule has 1 amide bonds. The van der Waals surface area contributed by atoms with Gasteiger partial charge in [0.1, 0.15) is 22.7 Å². The molecule has 0 fully saturated rings. The lowest BCUT2D eigenvalue weighted by atomic mass is 9.87. The third-order valence-corrected chi connectivity index (χ3v) is 8.08. The fourth-order valence-electron chi connectivity index (χ4n) is 4.49. The van der Waals surface area contributed by atoms with E-state index < -0.39 is 0 Å². The minimum absolute atomic E-state index is 0.0121. The number of carbonyl (C=O) groups is 1. The van der Waals surface area contributed by atoms with Crippen molar-refractivity contribution in [2.24, 2.45) is 5.92 Å². The van der Waals surface area contributed by atoms with Crippen LogP contribution in [0.25, 0.3) is 10.2 Å². The molecule has 9 nitrogen and oxygen atoms in total. The van der Waals surface area contributed by atoms with E-state index in [2.05, 4.69) is 25.5 Å². The first-order valence-corrected chi connectivity index (χ1v) is 12.6. The van der Waals surface area contributed by atoms with Gasteiger partial charge >= 0.3 is 0 Å². The third kappa shape index (κ3) is 4.10. The summed E-state index contributed by atoms with van der Waals surface area (Å²) in [6, 6.07) is 3.99. The molecule has 0 unspecified atom stereocenters. The normalized spacial score (nSPS) is 16.8. The summed E-state index contributed by atoms with van der Waals surface area (Å²) in [5.74, 6) is 1.53. The number of aromatic nitrogens is 2. The van der Waals surface area contributed by atoms with Gasteiger partial charge < -0.3 is 25.5 Å². The Bertz CT molecular complexity index is 1200. The van der Waals surface area contributed by atoms with Gasteiger partial charge in [0.05, 0.1) is 35.4 Å². The molecule has 5 rings (SSSR count). The zero-order valence-electron chi connectivity index (χ0n) is 18.5. The molecule has 11 heteroatoms. The number of hydrogen-bond acceptors (Lipinski definition) is 10. The first kappa shape index (κ1) is 22.2. The Hall–Kier alpha value is -2.60. The maximum absolute atomic E-state index is 13.0. The highest BCUT2D eigenvalue weighted by atomic mass is 32.2. The fraction of sp³-hybridized carbons (Fsp3) is 0.409. The lowest BCUT2D eigenvalue weighted by Gasteiger charge is -2.28. The van der Waals surface area contributed by atoms with Gasteiger partial charge in [0.15, 0.2) is 0 Å². The second kappa shape index (κ2) is 9.34. The van der Waals surface area contributed by atoms with E-state index in [0.29, 0.717) is 19.5 Å². The summed E-state index contributed by atoms with van der Waals surface area (Å²) in [5, 5.41) is 13.8. The molecule has 1 aliphatic heterocycles. The molecular formula is C22H26N6O3S2. The number of fused-ring (bicyclic) bond motifs is 4. The lowest BCUT2D eigenvalue weighted by Crippen LogP contribution is -2.39. The van der Waals surface area contributed by atoms with Gasteiger partial charge in [0, 0.05) is 30.0 Å². The standard InChI is InChI=1S/C22H26N6O3S2/c1-3-28(6-7-29)22(30)12-4-5-13-17(8-12)32-21-19(13)20(23-11-24-21)25-14-10-18-15(26-27-33-18)9-16(14)31-2/h9-12,26-27,29H,3-8H2,1-2H3,(H,23,24,25)/t12-/m0/s1. The quantitative estimate of drug-likeness (QED) is 0.374. The summed E-state index contributed by atoms with van der Waals surface area (Å²) in [6.45, 7) is 2.94. The number of ether oxygens (including phenoxy) is 1. The van der Waals surface area contributed by atoms with Crippen LogP contribution in [0.1, 0.15) is 23.8 Å². The number of hydrazine groups is 1. The molecule has 0 bridgehead atoms. The summed E-state index contributed by atoms with van der Waals surface area (Å²) in [5.41, 5.74) is 6.14. The van der Waals surface area contributed by atoms with Crippen molar-refractivity contribution in [3.05, 3.63) is 28.9 Å². The third-order valence-electron chi connectivity index (χ3n) is 6.16. The SMILES string of the molecule is CCN(CCO)C(=O)[C@H]1CCc2c(sc3ncnc(Nc4cc5c(cc4OC)NNS5)c23)C1. The number of benzene rings is 1. The second-order valence-corrected chi connectivity index (χ2v) is 9.92. The van der Waals surface area contributed by atoms with Gasteiger partial charge in [0.2, 0.25) is 5.91 Å². The topological polar surface area (TPSA) is 112 Å². The minimum Gasteiger partial charge on any atom is -0.494 e. The zero-order valence-corrected chi connectivity index (χ0v) is 20.1. The molecular weight excluding hydrogens is 460 g/mol. The highest BCUT2D eigenvalue weighted by molar-refractivity contribution is 7.98. The van der Waals surface area contributed by atoms with Crippen LogP contribution in [0.5, 0.6) is 5.75 Å². The Morgan fingerprint density at radius 1 is 1.39 bits per heavy atom. The van der Waals surface area contributed by atoms with Crippen molar-refractivity contribution in [3.8, 4) is 5.75 Å². The van der Waals surface area contributed by atoms with Crippen molar-refractivity contribution in [2.45, 2.75) is 31.1 Å². The van der Waals surface area contributed by atoms with Crippen LogP contribution in [-0.2, 0) is 17.6 Å². The van der Waals surface area contributed by atoms with E-state index in [9.17, 15) is 9.90 Å². The Morgan fingerprint density at radius 2 is 2.27 bits per heavy atom. The first-order valence-electron chi connectivity index (χ1n) is 10.9. The summed E-state index contributed by atoms with van der Waals surface area (Å²) < 4.78 is 5.60. The number of likely N-dealkylation sites (N-methyl/N-ethyl adjacent to an activating group) is 1. The number of amides is 1. The first-order chi connectivity index (χ1) is 16.1. The Labute approximate surface area is 200 Å². The van der Waals surface area contributed by atoms with Crippen LogP contribution in [0, 0.1) is 5.92 Å². The number of rotatable bonds is 7. The predicted octanol–water partition coefficient (Wildman–Crippen LogP) is 3.33. The Balaban J connectivity index is 1.46. The van der Waals surface area contributed by atoms with Gasteiger partial charge in [-0.15, -0.1) is 11.3 Å². The summed E-state index contributed by atoms with van der Waals surface area (Å²) in [4.78, 5) is 30.0. The number of aliphatic hydroxyl groups excluding tert-OH is 1. The lowest BCUT2D eigenvalue weighted by molar-refractivity contribution is -0.136. The van der Waals surface area contributed by atoms with Crippen LogP contribution in [0.2, 0.25) is 0 Å². The van der Waals surface area contributed by atoms with Crippen LogP contribution < -0.4 is 20.3 Å². The minimum atomic E-state index is -0.0599. The number of aliphatic hydroxyl groups is 1. The number of hydrogen-bond donors (Lipinski definition) is 4. The van der Waals surface area contributed by atoms with Crippen molar-refractivity contribution in [2.75, 3.05) is 37.5 Å². The number of methoxy groups -OCH3 is 1. The maximum atomic E-state index is 13.0. The van der Waals surface area contributed by atoms with E-state index in [1.54, 1.807) is 29.7 Å². The van der Waals surface area contributed by atoms with Crippen LogP contribution in [0.3, 0.4) is 0 Å². The molecule has 2 aliphatic rings.